The van der Waals surface area contributed by atoms with Crippen LogP contribution in [0.25, 0.3) is 0 Å². The van der Waals surface area contributed by atoms with Gasteiger partial charge in [-0.3, -0.25) is 14.9 Å². The van der Waals surface area contributed by atoms with Crippen molar-refractivity contribution in [3.63, 3.8) is 0 Å². The standard InChI is InChI=1S/C9H13NO2.ClH/c11-7-5-9(3-1-2-4-9)6-8(12)10-7;/h1-6H2,(H,10,11,12);1H. The van der Waals surface area contributed by atoms with E-state index in [2.05, 4.69) is 5.32 Å². The lowest BCUT2D eigenvalue weighted by Gasteiger charge is -2.31. The maximum Gasteiger partial charge on any atom is 0.227 e. The van der Waals surface area contributed by atoms with Crippen molar-refractivity contribution in [1.82, 2.24) is 5.32 Å². The molecule has 1 spiro atoms. The van der Waals surface area contributed by atoms with E-state index in [0.29, 0.717) is 12.8 Å². The van der Waals surface area contributed by atoms with E-state index in [1.807, 2.05) is 0 Å². The molecule has 0 unspecified atom stereocenters. The second-order valence-corrected chi connectivity index (χ2v) is 4.03. The van der Waals surface area contributed by atoms with Crippen LogP contribution in [0.3, 0.4) is 0 Å². The molecule has 2 amide bonds. The van der Waals surface area contributed by atoms with Crippen LogP contribution in [0.15, 0.2) is 0 Å². The van der Waals surface area contributed by atoms with E-state index in [1.54, 1.807) is 0 Å². The van der Waals surface area contributed by atoms with Gasteiger partial charge >= 0.3 is 0 Å². The molecule has 2 rings (SSSR count). The average molecular weight is 204 g/mol. The Bertz CT molecular complexity index is 216. The molecule has 1 aliphatic heterocycles. The summed E-state index contributed by atoms with van der Waals surface area (Å²) in [6.45, 7) is 0. The monoisotopic (exact) mass is 203 g/mol. The number of rotatable bonds is 0. The summed E-state index contributed by atoms with van der Waals surface area (Å²) in [6.07, 6.45) is 5.62. The molecule has 13 heavy (non-hydrogen) atoms. The van der Waals surface area contributed by atoms with Crippen molar-refractivity contribution in [3.05, 3.63) is 0 Å². The number of hydrogen-bond acceptors (Lipinski definition) is 2. The van der Waals surface area contributed by atoms with Crippen LogP contribution < -0.4 is 5.32 Å². The number of carbonyl (C=O) groups is 2. The molecule has 2 fully saturated rings. The Morgan fingerprint density at radius 3 is 1.92 bits per heavy atom. The topological polar surface area (TPSA) is 46.2 Å². The Kier molecular flexibility index (Phi) is 2.96. The van der Waals surface area contributed by atoms with E-state index in [0.717, 1.165) is 12.8 Å². The summed E-state index contributed by atoms with van der Waals surface area (Å²) in [4.78, 5) is 22.2. The van der Waals surface area contributed by atoms with Gasteiger partial charge < -0.3 is 0 Å². The summed E-state index contributed by atoms with van der Waals surface area (Å²) in [5, 5.41) is 2.35. The van der Waals surface area contributed by atoms with Crippen LogP contribution in [0.2, 0.25) is 0 Å². The number of amides is 2. The molecule has 1 saturated heterocycles. The highest BCUT2D eigenvalue weighted by atomic mass is 35.5. The summed E-state index contributed by atoms with van der Waals surface area (Å²) in [6, 6.07) is 0. The third kappa shape index (κ3) is 2.02. The molecular weight excluding hydrogens is 190 g/mol. The van der Waals surface area contributed by atoms with Gasteiger partial charge in [-0.2, -0.15) is 0 Å². The number of nitrogens with one attached hydrogen (secondary N) is 1. The predicted molar refractivity (Wildman–Crippen MR) is 50.5 cm³/mol. The molecule has 4 heteroatoms. The molecule has 0 aromatic rings. The van der Waals surface area contributed by atoms with Gasteiger partial charge in [0.1, 0.15) is 0 Å². The highest BCUT2D eigenvalue weighted by Crippen LogP contribution is 2.45. The lowest BCUT2D eigenvalue weighted by molar-refractivity contribution is -0.137. The number of piperidine rings is 1. The quantitative estimate of drug-likeness (QED) is 0.605. The van der Waals surface area contributed by atoms with E-state index in [9.17, 15) is 9.59 Å². The van der Waals surface area contributed by atoms with Gasteiger partial charge in [-0.15, -0.1) is 12.4 Å². The molecular formula is C9H14ClNO2. The van der Waals surface area contributed by atoms with Crippen molar-refractivity contribution in [2.45, 2.75) is 38.5 Å². The molecule has 0 atom stereocenters. The smallest absolute Gasteiger partial charge is 0.227 e. The van der Waals surface area contributed by atoms with Gasteiger partial charge in [0.2, 0.25) is 11.8 Å². The van der Waals surface area contributed by atoms with Crippen molar-refractivity contribution in [1.29, 1.82) is 0 Å². The number of hydrogen-bond donors (Lipinski definition) is 1. The van der Waals surface area contributed by atoms with Crippen molar-refractivity contribution in [2.24, 2.45) is 5.41 Å². The molecule has 1 saturated carbocycles. The molecule has 1 aliphatic carbocycles. The van der Waals surface area contributed by atoms with Crippen LogP contribution in [0.1, 0.15) is 38.5 Å². The minimum Gasteiger partial charge on any atom is -0.296 e. The second-order valence-electron chi connectivity index (χ2n) is 4.03. The van der Waals surface area contributed by atoms with Gasteiger partial charge in [0.25, 0.3) is 0 Å². The van der Waals surface area contributed by atoms with Gasteiger partial charge in [0.05, 0.1) is 0 Å². The first-order chi connectivity index (χ1) is 5.70. The van der Waals surface area contributed by atoms with Crippen LogP contribution >= 0.6 is 12.4 Å². The van der Waals surface area contributed by atoms with E-state index in [-0.39, 0.29) is 29.6 Å². The third-order valence-corrected chi connectivity index (χ3v) is 3.01. The SMILES string of the molecule is Cl.O=C1CC2(CCCC2)CC(=O)N1. The van der Waals surface area contributed by atoms with E-state index in [1.165, 1.54) is 12.8 Å². The molecule has 3 nitrogen and oxygen atoms in total. The summed E-state index contributed by atoms with van der Waals surface area (Å²) in [7, 11) is 0. The van der Waals surface area contributed by atoms with Gasteiger partial charge in [-0.1, -0.05) is 12.8 Å². The fourth-order valence-corrected chi connectivity index (χ4v) is 2.47. The Morgan fingerprint density at radius 1 is 1.00 bits per heavy atom. The van der Waals surface area contributed by atoms with Crippen LogP contribution in [-0.4, -0.2) is 11.8 Å². The highest BCUT2D eigenvalue weighted by Gasteiger charge is 2.41. The maximum absolute atomic E-state index is 11.1. The number of carbonyl (C=O) groups excluding carboxylic acids is 2. The normalized spacial score (nSPS) is 25.5. The molecule has 74 valence electrons. The largest absolute Gasteiger partial charge is 0.296 e. The van der Waals surface area contributed by atoms with Crippen LogP contribution in [-0.2, 0) is 9.59 Å². The Morgan fingerprint density at radius 2 is 1.46 bits per heavy atom. The van der Waals surface area contributed by atoms with Crippen LogP contribution in [0.5, 0.6) is 0 Å². The average Bonchev–Trinajstić information content (AvgIpc) is 2.33. The first-order valence-electron chi connectivity index (χ1n) is 4.53. The molecule has 0 aromatic heterocycles. The summed E-state index contributed by atoms with van der Waals surface area (Å²) in [5.41, 5.74) is 0.0550. The van der Waals surface area contributed by atoms with Gasteiger partial charge in [-0.05, 0) is 18.3 Å². The van der Waals surface area contributed by atoms with E-state index < -0.39 is 0 Å². The van der Waals surface area contributed by atoms with E-state index >= 15 is 0 Å². The lowest BCUT2D eigenvalue weighted by Crippen LogP contribution is -2.43. The first kappa shape index (κ1) is 10.5. The Balaban J connectivity index is 0.000000845. The van der Waals surface area contributed by atoms with Gasteiger partial charge in [0.15, 0.2) is 0 Å². The van der Waals surface area contributed by atoms with Crippen LogP contribution in [0.4, 0.5) is 0 Å². The fourth-order valence-electron chi connectivity index (χ4n) is 2.47. The molecule has 0 aromatic carbocycles. The number of imide groups is 1. The molecule has 2 aliphatic rings. The Labute approximate surface area is 83.7 Å². The van der Waals surface area contributed by atoms with Crippen molar-refractivity contribution in [3.8, 4) is 0 Å². The zero-order chi connectivity index (χ0) is 8.60. The van der Waals surface area contributed by atoms with Crippen LogP contribution in [0, 0.1) is 5.41 Å². The van der Waals surface area contributed by atoms with Gasteiger partial charge in [0, 0.05) is 12.8 Å². The predicted octanol–water partition coefficient (Wildman–Crippen LogP) is 1.41. The molecule has 0 bridgehead atoms. The molecule has 0 radical (unpaired) electrons. The lowest BCUT2D eigenvalue weighted by atomic mass is 9.77. The maximum atomic E-state index is 11.1. The van der Waals surface area contributed by atoms with Crippen molar-refractivity contribution >= 4 is 24.2 Å². The first-order valence-corrected chi connectivity index (χ1v) is 4.53. The Hall–Kier alpha value is -0.570. The third-order valence-electron chi connectivity index (χ3n) is 3.01. The summed E-state index contributed by atoms with van der Waals surface area (Å²) in [5.74, 6) is -0.152. The molecule has 1 heterocycles. The van der Waals surface area contributed by atoms with Crippen molar-refractivity contribution < 1.29 is 9.59 Å². The minimum atomic E-state index is -0.0758. The minimum absolute atomic E-state index is 0. The zero-order valence-corrected chi connectivity index (χ0v) is 8.28. The summed E-state index contributed by atoms with van der Waals surface area (Å²) < 4.78 is 0. The highest BCUT2D eigenvalue weighted by molar-refractivity contribution is 5.98. The van der Waals surface area contributed by atoms with E-state index in [4.69, 9.17) is 0 Å². The van der Waals surface area contributed by atoms with Crippen molar-refractivity contribution in [2.75, 3.05) is 0 Å². The number of halogens is 1. The molecule has 1 N–H and O–H groups in total. The summed E-state index contributed by atoms with van der Waals surface area (Å²) >= 11 is 0. The van der Waals surface area contributed by atoms with Gasteiger partial charge in [-0.25, -0.2) is 0 Å². The fraction of sp³-hybridized carbons (Fsp3) is 0.778. The second kappa shape index (κ2) is 3.66. The zero-order valence-electron chi connectivity index (χ0n) is 7.47.